The van der Waals surface area contributed by atoms with Gasteiger partial charge >= 0.3 is 0 Å². The lowest BCUT2D eigenvalue weighted by Gasteiger charge is -2.13. The number of hydrogen-bond acceptors (Lipinski definition) is 1. The molecule has 0 amide bonds. The van der Waals surface area contributed by atoms with Gasteiger partial charge in [0.1, 0.15) is 0 Å². The van der Waals surface area contributed by atoms with E-state index in [9.17, 15) is 0 Å². The van der Waals surface area contributed by atoms with E-state index in [0.29, 0.717) is 5.88 Å². The Bertz CT molecular complexity index is 64.5. The zero-order chi connectivity index (χ0) is 9.11. The van der Waals surface area contributed by atoms with Crippen LogP contribution < -0.4 is 0 Å². The molecule has 0 aliphatic rings. The number of allylic oxidation sites excluding steroid dienone is 1. The van der Waals surface area contributed by atoms with E-state index in [2.05, 4.69) is 32.3 Å². The van der Waals surface area contributed by atoms with E-state index in [1.54, 1.807) is 6.08 Å². The number of nitrogens with zero attached hydrogens (tertiary/aromatic N) is 1. The zero-order valence-corrected chi connectivity index (χ0v) is 8.69. The van der Waals surface area contributed by atoms with Gasteiger partial charge in [0.2, 0.25) is 0 Å². The molecule has 0 aromatic carbocycles. The second-order valence-electron chi connectivity index (χ2n) is 2.06. The van der Waals surface area contributed by atoms with Gasteiger partial charge < -0.3 is 4.90 Å². The first-order valence-electron chi connectivity index (χ1n) is 4.15. The van der Waals surface area contributed by atoms with Gasteiger partial charge in [-0.3, -0.25) is 0 Å². The van der Waals surface area contributed by atoms with Gasteiger partial charge in [0, 0.05) is 5.88 Å². The monoisotopic (exact) mass is 177 g/mol. The van der Waals surface area contributed by atoms with Gasteiger partial charge in [-0.05, 0) is 19.6 Å². The van der Waals surface area contributed by atoms with Crippen molar-refractivity contribution in [1.82, 2.24) is 4.90 Å². The summed E-state index contributed by atoms with van der Waals surface area (Å²) in [6.45, 7) is 13.5. The molecule has 0 radical (unpaired) electrons. The highest BCUT2D eigenvalue weighted by Gasteiger charge is 1.89. The van der Waals surface area contributed by atoms with E-state index in [1.165, 1.54) is 19.6 Å². The standard InChI is InChI=1S/C6H15N.C3H5Cl/c1-4-7(5-2)6-3;1-2-3-4/h4-6H2,1-3H3;2H,1,3H2. The topological polar surface area (TPSA) is 3.24 Å². The van der Waals surface area contributed by atoms with Gasteiger partial charge in [0.15, 0.2) is 0 Å². The van der Waals surface area contributed by atoms with Gasteiger partial charge in [-0.2, -0.15) is 0 Å². The summed E-state index contributed by atoms with van der Waals surface area (Å²) in [5, 5.41) is 0. The Labute approximate surface area is 76.0 Å². The number of alkyl halides is 1. The Kier molecular flexibility index (Phi) is 15.6. The van der Waals surface area contributed by atoms with E-state index >= 15 is 0 Å². The average Bonchev–Trinajstić information content (AvgIpc) is 2.08. The smallest absolute Gasteiger partial charge is 0.0401 e. The number of halogens is 1. The van der Waals surface area contributed by atoms with Crippen LogP contribution in [-0.4, -0.2) is 30.4 Å². The summed E-state index contributed by atoms with van der Waals surface area (Å²) in [6.07, 6.45) is 1.64. The van der Waals surface area contributed by atoms with Crippen LogP contribution in [0.1, 0.15) is 20.8 Å². The van der Waals surface area contributed by atoms with Crippen molar-refractivity contribution in [2.45, 2.75) is 20.8 Å². The highest BCUT2D eigenvalue weighted by molar-refractivity contribution is 6.18. The lowest BCUT2D eigenvalue weighted by atomic mass is 10.5. The minimum absolute atomic E-state index is 0.556. The Hall–Kier alpha value is -0.0100. The van der Waals surface area contributed by atoms with Crippen molar-refractivity contribution >= 4 is 11.6 Å². The minimum Gasteiger partial charge on any atom is -0.304 e. The largest absolute Gasteiger partial charge is 0.304 e. The lowest BCUT2D eigenvalue weighted by molar-refractivity contribution is 0.321. The maximum atomic E-state index is 5.07. The predicted octanol–water partition coefficient (Wildman–Crippen LogP) is 2.76. The van der Waals surface area contributed by atoms with Crippen LogP contribution in [0, 0.1) is 0 Å². The Balaban J connectivity index is 0. The molecular formula is C9H20ClN. The number of rotatable bonds is 4. The maximum Gasteiger partial charge on any atom is 0.0401 e. The van der Waals surface area contributed by atoms with Crippen LogP contribution in [0.25, 0.3) is 0 Å². The molecule has 0 unspecified atom stereocenters. The lowest BCUT2D eigenvalue weighted by Crippen LogP contribution is -2.21. The van der Waals surface area contributed by atoms with Gasteiger partial charge in [-0.15, -0.1) is 18.2 Å². The first-order chi connectivity index (χ1) is 5.26. The molecule has 0 aromatic rings. The van der Waals surface area contributed by atoms with Crippen LogP contribution in [-0.2, 0) is 0 Å². The van der Waals surface area contributed by atoms with Crippen LogP contribution in [0.5, 0.6) is 0 Å². The first kappa shape index (κ1) is 13.6. The predicted molar refractivity (Wildman–Crippen MR) is 54.4 cm³/mol. The van der Waals surface area contributed by atoms with E-state index < -0.39 is 0 Å². The second-order valence-corrected chi connectivity index (χ2v) is 2.37. The van der Waals surface area contributed by atoms with Crippen molar-refractivity contribution in [3.8, 4) is 0 Å². The van der Waals surface area contributed by atoms with Gasteiger partial charge in [0.05, 0.1) is 0 Å². The molecule has 0 aliphatic heterocycles. The van der Waals surface area contributed by atoms with Crippen molar-refractivity contribution in [3.05, 3.63) is 12.7 Å². The fraction of sp³-hybridized carbons (Fsp3) is 0.778. The van der Waals surface area contributed by atoms with Crippen molar-refractivity contribution in [2.75, 3.05) is 25.5 Å². The summed E-state index contributed by atoms with van der Waals surface area (Å²) in [6, 6.07) is 0. The zero-order valence-electron chi connectivity index (χ0n) is 7.94. The van der Waals surface area contributed by atoms with Crippen LogP contribution in [0.3, 0.4) is 0 Å². The molecule has 0 heterocycles. The summed E-state index contributed by atoms with van der Waals surface area (Å²) in [7, 11) is 0. The molecule has 0 saturated heterocycles. The third kappa shape index (κ3) is 13.1. The third-order valence-electron chi connectivity index (χ3n) is 1.45. The Morgan fingerprint density at radius 2 is 1.45 bits per heavy atom. The fourth-order valence-corrected chi connectivity index (χ4v) is 0.671. The molecule has 11 heavy (non-hydrogen) atoms. The first-order valence-corrected chi connectivity index (χ1v) is 4.69. The second kappa shape index (κ2) is 12.6. The van der Waals surface area contributed by atoms with Crippen molar-refractivity contribution < 1.29 is 0 Å². The molecule has 0 bridgehead atoms. The van der Waals surface area contributed by atoms with Crippen LogP contribution >= 0.6 is 11.6 Å². The molecule has 68 valence electrons. The molecule has 0 atom stereocenters. The normalized spacial score (nSPS) is 8.82. The van der Waals surface area contributed by atoms with Gasteiger partial charge in [-0.25, -0.2) is 0 Å². The Morgan fingerprint density at radius 3 is 1.45 bits per heavy atom. The van der Waals surface area contributed by atoms with Crippen molar-refractivity contribution in [1.29, 1.82) is 0 Å². The Morgan fingerprint density at radius 1 is 1.18 bits per heavy atom. The average molecular weight is 178 g/mol. The summed E-state index contributed by atoms with van der Waals surface area (Å²) in [4.78, 5) is 2.38. The summed E-state index contributed by atoms with van der Waals surface area (Å²) in [5.41, 5.74) is 0. The third-order valence-corrected chi connectivity index (χ3v) is 1.67. The molecule has 0 aliphatic carbocycles. The van der Waals surface area contributed by atoms with Crippen LogP contribution in [0.15, 0.2) is 12.7 Å². The molecule has 2 heteroatoms. The maximum absolute atomic E-state index is 5.07. The molecule has 0 saturated carbocycles. The number of hydrogen-bond donors (Lipinski definition) is 0. The summed E-state index contributed by atoms with van der Waals surface area (Å²) in [5.74, 6) is 0.556. The molecule has 0 rings (SSSR count). The molecule has 1 nitrogen and oxygen atoms in total. The summed E-state index contributed by atoms with van der Waals surface area (Å²) < 4.78 is 0. The molecule has 0 N–H and O–H groups in total. The fourth-order valence-electron chi connectivity index (χ4n) is 0.671. The highest BCUT2D eigenvalue weighted by Crippen LogP contribution is 1.81. The highest BCUT2D eigenvalue weighted by atomic mass is 35.5. The van der Waals surface area contributed by atoms with E-state index in [-0.39, 0.29) is 0 Å². The van der Waals surface area contributed by atoms with Crippen LogP contribution in [0.4, 0.5) is 0 Å². The molecule has 0 spiro atoms. The summed E-state index contributed by atoms with van der Waals surface area (Å²) >= 11 is 5.07. The quantitative estimate of drug-likeness (QED) is 0.472. The molecule has 0 fully saturated rings. The molecular weight excluding hydrogens is 158 g/mol. The van der Waals surface area contributed by atoms with Gasteiger partial charge in [-0.1, -0.05) is 26.8 Å². The van der Waals surface area contributed by atoms with Crippen LogP contribution in [0.2, 0.25) is 0 Å². The van der Waals surface area contributed by atoms with Gasteiger partial charge in [0.25, 0.3) is 0 Å². The van der Waals surface area contributed by atoms with E-state index in [4.69, 9.17) is 11.6 Å². The molecule has 0 aromatic heterocycles. The van der Waals surface area contributed by atoms with E-state index in [0.717, 1.165) is 0 Å². The van der Waals surface area contributed by atoms with Crippen molar-refractivity contribution in [3.63, 3.8) is 0 Å². The SMILES string of the molecule is C=CCCl.CCN(CC)CC. The van der Waals surface area contributed by atoms with E-state index in [1.807, 2.05) is 0 Å². The van der Waals surface area contributed by atoms with Crippen molar-refractivity contribution in [2.24, 2.45) is 0 Å². The minimum atomic E-state index is 0.556.